The summed E-state index contributed by atoms with van der Waals surface area (Å²) in [6, 6.07) is 11.0. The van der Waals surface area contributed by atoms with E-state index in [0.29, 0.717) is 36.7 Å². The summed E-state index contributed by atoms with van der Waals surface area (Å²) in [5.41, 5.74) is 3.66. The first kappa shape index (κ1) is 20.9. The van der Waals surface area contributed by atoms with Gasteiger partial charge in [0.2, 0.25) is 15.9 Å². The van der Waals surface area contributed by atoms with Crippen molar-refractivity contribution in [3.63, 3.8) is 0 Å². The number of amides is 1. The van der Waals surface area contributed by atoms with E-state index < -0.39 is 10.0 Å². The van der Waals surface area contributed by atoms with Gasteiger partial charge < -0.3 is 9.64 Å². The molecule has 0 unspecified atom stereocenters. The number of methoxy groups -OCH3 is 1. The molecule has 2 aromatic carbocycles. The minimum atomic E-state index is -3.47. The summed E-state index contributed by atoms with van der Waals surface area (Å²) in [5.74, 6) is 0.695. The third-order valence-corrected chi connectivity index (χ3v) is 7.87. The first-order valence-corrected chi connectivity index (χ1v) is 11.9. The molecule has 1 fully saturated rings. The number of fused-ring (bicyclic) bond motifs is 1. The second kappa shape index (κ2) is 8.40. The van der Waals surface area contributed by atoms with E-state index in [-0.39, 0.29) is 12.3 Å². The number of anilines is 1. The van der Waals surface area contributed by atoms with Gasteiger partial charge in [-0.1, -0.05) is 24.1 Å². The molecular formula is C23H28N2O4S. The molecule has 2 heterocycles. The smallest absolute Gasteiger partial charge is 0.243 e. The Bertz CT molecular complexity index is 1060. The second-order valence-corrected chi connectivity index (χ2v) is 9.98. The maximum atomic E-state index is 13.0. The Morgan fingerprint density at radius 1 is 1.03 bits per heavy atom. The normalized spacial score (nSPS) is 17.1. The van der Waals surface area contributed by atoms with Gasteiger partial charge >= 0.3 is 0 Å². The SMILES string of the molecule is COc1ccc(C)cc1CC(=O)N1CCc2cc(S(=O)(=O)N3CCCCC3)ccc21. The van der Waals surface area contributed by atoms with E-state index in [1.165, 1.54) is 0 Å². The average Bonchev–Trinajstić information content (AvgIpc) is 3.18. The highest BCUT2D eigenvalue weighted by molar-refractivity contribution is 7.89. The van der Waals surface area contributed by atoms with E-state index in [1.807, 2.05) is 25.1 Å². The van der Waals surface area contributed by atoms with Crippen molar-refractivity contribution in [2.45, 2.75) is 43.9 Å². The van der Waals surface area contributed by atoms with Crippen LogP contribution < -0.4 is 9.64 Å². The van der Waals surface area contributed by atoms with E-state index in [1.54, 1.807) is 34.5 Å². The fraction of sp³-hybridized carbons (Fsp3) is 0.435. The zero-order valence-electron chi connectivity index (χ0n) is 17.6. The number of ether oxygens (including phenoxy) is 1. The summed E-state index contributed by atoms with van der Waals surface area (Å²) in [7, 11) is -1.87. The van der Waals surface area contributed by atoms with Crippen LogP contribution in [0, 0.1) is 6.92 Å². The molecule has 0 spiro atoms. The van der Waals surface area contributed by atoms with Gasteiger partial charge in [0.05, 0.1) is 18.4 Å². The lowest BCUT2D eigenvalue weighted by molar-refractivity contribution is -0.117. The molecule has 2 aliphatic rings. The van der Waals surface area contributed by atoms with Gasteiger partial charge in [-0.15, -0.1) is 0 Å². The summed E-state index contributed by atoms with van der Waals surface area (Å²) in [6.07, 6.45) is 3.82. The summed E-state index contributed by atoms with van der Waals surface area (Å²) in [6.45, 7) is 3.73. The fourth-order valence-electron chi connectivity index (χ4n) is 4.36. The molecule has 1 amide bonds. The molecule has 0 radical (unpaired) electrons. The van der Waals surface area contributed by atoms with Crippen molar-refractivity contribution in [2.24, 2.45) is 0 Å². The van der Waals surface area contributed by atoms with E-state index in [2.05, 4.69) is 0 Å². The van der Waals surface area contributed by atoms with Crippen molar-refractivity contribution in [1.29, 1.82) is 0 Å². The van der Waals surface area contributed by atoms with E-state index >= 15 is 0 Å². The summed E-state index contributed by atoms with van der Waals surface area (Å²) in [5, 5.41) is 0. The highest BCUT2D eigenvalue weighted by Gasteiger charge is 2.30. The van der Waals surface area contributed by atoms with Gasteiger partial charge in [0.25, 0.3) is 0 Å². The number of carbonyl (C=O) groups excluding carboxylic acids is 1. The molecule has 0 saturated carbocycles. The Hall–Kier alpha value is -2.38. The maximum absolute atomic E-state index is 13.0. The lowest BCUT2D eigenvalue weighted by Crippen LogP contribution is -2.35. The minimum Gasteiger partial charge on any atom is -0.496 e. The predicted octanol–water partition coefficient (Wildman–Crippen LogP) is 3.31. The van der Waals surface area contributed by atoms with Crippen LogP contribution in [0.15, 0.2) is 41.3 Å². The van der Waals surface area contributed by atoms with Crippen molar-refractivity contribution in [1.82, 2.24) is 4.31 Å². The zero-order chi connectivity index (χ0) is 21.3. The van der Waals surface area contributed by atoms with E-state index in [4.69, 9.17) is 4.74 Å². The van der Waals surface area contributed by atoms with Gasteiger partial charge in [-0.25, -0.2) is 8.42 Å². The lowest BCUT2D eigenvalue weighted by Gasteiger charge is -2.26. The Morgan fingerprint density at radius 3 is 2.53 bits per heavy atom. The van der Waals surface area contributed by atoms with E-state index in [0.717, 1.165) is 41.6 Å². The zero-order valence-corrected chi connectivity index (χ0v) is 18.4. The maximum Gasteiger partial charge on any atom is 0.243 e. The Kier molecular flexibility index (Phi) is 5.84. The van der Waals surface area contributed by atoms with Crippen LogP contribution in [0.4, 0.5) is 5.69 Å². The highest BCUT2D eigenvalue weighted by Crippen LogP contribution is 2.33. The molecule has 0 atom stereocenters. The van der Waals surface area contributed by atoms with Gasteiger partial charge in [-0.05, 0) is 56.0 Å². The minimum absolute atomic E-state index is 0.00992. The molecule has 1 saturated heterocycles. The van der Waals surface area contributed by atoms with Gasteiger partial charge in [0, 0.05) is 30.9 Å². The molecular weight excluding hydrogens is 400 g/mol. The van der Waals surface area contributed by atoms with Crippen molar-refractivity contribution in [2.75, 3.05) is 31.6 Å². The van der Waals surface area contributed by atoms with E-state index in [9.17, 15) is 13.2 Å². The van der Waals surface area contributed by atoms with Crippen molar-refractivity contribution in [3.8, 4) is 5.75 Å². The molecule has 4 rings (SSSR count). The standard InChI is InChI=1S/C23H28N2O4S/c1-17-6-9-22(29-2)19(14-17)16-23(26)25-13-10-18-15-20(7-8-21(18)25)30(27,28)24-11-4-3-5-12-24/h6-9,14-15H,3-5,10-13,16H2,1-2H3. The predicted molar refractivity (Wildman–Crippen MR) is 117 cm³/mol. The Labute approximate surface area is 178 Å². The van der Waals surface area contributed by atoms with Crippen LogP contribution in [0.1, 0.15) is 36.0 Å². The fourth-order valence-corrected chi connectivity index (χ4v) is 5.92. The molecule has 0 aliphatic carbocycles. The molecule has 30 heavy (non-hydrogen) atoms. The first-order chi connectivity index (χ1) is 14.4. The van der Waals surface area contributed by atoms with Crippen molar-refractivity contribution >= 4 is 21.6 Å². The number of aryl methyl sites for hydroxylation is 1. The Balaban J connectivity index is 1.55. The monoisotopic (exact) mass is 428 g/mol. The van der Waals surface area contributed by atoms with Crippen LogP contribution in [0.25, 0.3) is 0 Å². The Morgan fingerprint density at radius 2 is 1.80 bits per heavy atom. The number of benzene rings is 2. The molecule has 2 aromatic rings. The molecule has 160 valence electrons. The second-order valence-electron chi connectivity index (χ2n) is 8.04. The van der Waals surface area contributed by atoms with Crippen LogP contribution in [-0.2, 0) is 27.7 Å². The molecule has 0 N–H and O–H groups in total. The van der Waals surface area contributed by atoms with Gasteiger partial charge in [-0.2, -0.15) is 4.31 Å². The molecule has 6 nitrogen and oxygen atoms in total. The van der Waals surface area contributed by atoms with Gasteiger partial charge in [-0.3, -0.25) is 4.79 Å². The van der Waals surface area contributed by atoms with Crippen LogP contribution in [0.2, 0.25) is 0 Å². The van der Waals surface area contributed by atoms with Crippen LogP contribution in [0.5, 0.6) is 5.75 Å². The number of nitrogens with zero attached hydrogens (tertiary/aromatic N) is 2. The van der Waals surface area contributed by atoms with Crippen molar-refractivity contribution < 1.29 is 17.9 Å². The number of carbonyl (C=O) groups is 1. The van der Waals surface area contributed by atoms with Gasteiger partial charge in [0.15, 0.2) is 0 Å². The summed E-state index contributed by atoms with van der Waals surface area (Å²) < 4.78 is 32.9. The molecule has 0 aromatic heterocycles. The number of hydrogen-bond donors (Lipinski definition) is 0. The first-order valence-electron chi connectivity index (χ1n) is 10.5. The number of rotatable bonds is 5. The van der Waals surface area contributed by atoms with Gasteiger partial charge in [0.1, 0.15) is 5.75 Å². The largest absolute Gasteiger partial charge is 0.496 e. The number of hydrogen-bond acceptors (Lipinski definition) is 4. The lowest BCUT2D eigenvalue weighted by atomic mass is 10.1. The average molecular weight is 429 g/mol. The topological polar surface area (TPSA) is 66.9 Å². The van der Waals surface area contributed by atoms with Crippen LogP contribution in [-0.4, -0.2) is 45.4 Å². The third-order valence-electron chi connectivity index (χ3n) is 5.98. The molecule has 2 aliphatic heterocycles. The van der Waals surface area contributed by atoms with Crippen molar-refractivity contribution in [3.05, 3.63) is 53.1 Å². The summed E-state index contributed by atoms with van der Waals surface area (Å²) in [4.78, 5) is 15.1. The number of sulfonamides is 1. The third kappa shape index (κ3) is 3.96. The van der Waals surface area contributed by atoms with Crippen LogP contribution >= 0.6 is 0 Å². The molecule has 0 bridgehead atoms. The molecule has 7 heteroatoms. The number of piperidine rings is 1. The van der Waals surface area contributed by atoms with Crippen LogP contribution in [0.3, 0.4) is 0 Å². The highest BCUT2D eigenvalue weighted by atomic mass is 32.2. The quantitative estimate of drug-likeness (QED) is 0.733. The summed E-state index contributed by atoms with van der Waals surface area (Å²) >= 11 is 0.